The lowest BCUT2D eigenvalue weighted by Gasteiger charge is -2.33. The second-order valence-electron chi connectivity index (χ2n) is 6.01. The molecule has 4 heteroatoms. The summed E-state index contributed by atoms with van der Waals surface area (Å²) >= 11 is 0. The lowest BCUT2D eigenvalue weighted by atomic mass is 9.85. The summed E-state index contributed by atoms with van der Waals surface area (Å²) in [5.74, 6) is -0.0904. The Morgan fingerprint density at radius 3 is 2.50 bits per heavy atom. The Hall–Kier alpha value is -0.610. The zero-order valence-electron chi connectivity index (χ0n) is 11.0. The van der Waals surface area contributed by atoms with E-state index in [1.54, 1.807) is 0 Å². The van der Waals surface area contributed by atoms with Gasteiger partial charge in [0.25, 0.3) is 0 Å². The highest BCUT2D eigenvalue weighted by atomic mass is 16.5. The third-order valence-electron chi connectivity index (χ3n) is 3.51. The average molecular weight is 228 g/mol. The number of nitrogens with one attached hydrogen (secondary N) is 1. The number of rotatable bonds is 2. The van der Waals surface area contributed by atoms with Crippen LogP contribution in [0.25, 0.3) is 0 Å². The van der Waals surface area contributed by atoms with Crippen molar-refractivity contribution in [3.63, 3.8) is 0 Å². The van der Waals surface area contributed by atoms with Gasteiger partial charge in [-0.25, -0.2) is 0 Å². The van der Waals surface area contributed by atoms with Gasteiger partial charge in [-0.15, -0.1) is 0 Å². The van der Waals surface area contributed by atoms with Crippen LogP contribution in [0.15, 0.2) is 0 Å². The number of hydrogen-bond donors (Lipinski definition) is 2. The van der Waals surface area contributed by atoms with Gasteiger partial charge in [0.05, 0.1) is 17.7 Å². The first-order valence-corrected chi connectivity index (χ1v) is 5.86. The summed E-state index contributed by atoms with van der Waals surface area (Å²) in [6.45, 7) is 10.6. The van der Waals surface area contributed by atoms with E-state index in [2.05, 4.69) is 5.32 Å². The van der Waals surface area contributed by atoms with Crippen LogP contribution in [0.4, 0.5) is 0 Å². The van der Waals surface area contributed by atoms with Crippen molar-refractivity contribution in [2.75, 3.05) is 6.61 Å². The third kappa shape index (κ3) is 2.74. The standard InChI is InChI=1S/C12H24N2O2/c1-8-12(5,6-7-16-8)14-10(15)9(13)11(2,3)4/h8-9H,6-7,13H2,1-5H3,(H,14,15)/t8?,9-,12?/m1/s1. The van der Waals surface area contributed by atoms with Crippen molar-refractivity contribution < 1.29 is 9.53 Å². The Labute approximate surface area is 97.9 Å². The number of carbonyl (C=O) groups excluding carboxylic acids is 1. The molecule has 1 aliphatic rings. The van der Waals surface area contributed by atoms with Gasteiger partial charge in [-0.1, -0.05) is 20.8 Å². The van der Waals surface area contributed by atoms with Crippen molar-refractivity contribution in [3.8, 4) is 0 Å². The van der Waals surface area contributed by atoms with Crippen LogP contribution in [0.3, 0.4) is 0 Å². The molecule has 16 heavy (non-hydrogen) atoms. The van der Waals surface area contributed by atoms with Crippen LogP contribution in [-0.4, -0.2) is 30.2 Å². The topological polar surface area (TPSA) is 64.3 Å². The molecule has 0 saturated carbocycles. The molecular weight excluding hydrogens is 204 g/mol. The van der Waals surface area contributed by atoms with Crippen molar-refractivity contribution >= 4 is 5.91 Å². The van der Waals surface area contributed by atoms with Crippen LogP contribution in [0.2, 0.25) is 0 Å². The predicted octanol–water partition coefficient (Wildman–Crippen LogP) is 1.04. The summed E-state index contributed by atoms with van der Waals surface area (Å²) in [7, 11) is 0. The summed E-state index contributed by atoms with van der Waals surface area (Å²) in [5.41, 5.74) is 5.43. The molecule has 3 N–H and O–H groups in total. The highest BCUT2D eigenvalue weighted by molar-refractivity contribution is 5.83. The fraction of sp³-hybridized carbons (Fsp3) is 0.917. The van der Waals surface area contributed by atoms with E-state index in [1.165, 1.54) is 0 Å². The molecule has 94 valence electrons. The molecule has 0 aromatic rings. The molecular formula is C12H24N2O2. The van der Waals surface area contributed by atoms with Crippen molar-refractivity contribution in [2.45, 2.75) is 58.7 Å². The summed E-state index contributed by atoms with van der Waals surface area (Å²) in [6, 6.07) is -0.489. The van der Waals surface area contributed by atoms with Crippen molar-refractivity contribution in [1.82, 2.24) is 5.32 Å². The van der Waals surface area contributed by atoms with Gasteiger partial charge in [0.1, 0.15) is 0 Å². The first kappa shape index (κ1) is 13.5. The van der Waals surface area contributed by atoms with E-state index in [-0.39, 0.29) is 23.0 Å². The van der Waals surface area contributed by atoms with Crippen LogP contribution in [0, 0.1) is 5.41 Å². The Bertz CT molecular complexity index is 273. The second-order valence-corrected chi connectivity index (χ2v) is 6.01. The van der Waals surface area contributed by atoms with Crippen LogP contribution in [0.5, 0.6) is 0 Å². The van der Waals surface area contributed by atoms with Gasteiger partial charge in [0.15, 0.2) is 0 Å². The monoisotopic (exact) mass is 228 g/mol. The number of amides is 1. The van der Waals surface area contributed by atoms with Crippen LogP contribution in [-0.2, 0) is 9.53 Å². The zero-order chi connectivity index (χ0) is 12.6. The first-order chi connectivity index (χ1) is 7.17. The first-order valence-electron chi connectivity index (χ1n) is 5.86. The Kier molecular flexibility index (Phi) is 3.65. The largest absolute Gasteiger partial charge is 0.376 e. The molecule has 0 bridgehead atoms. The van der Waals surface area contributed by atoms with E-state index in [0.717, 1.165) is 6.42 Å². The maximum Gasteiger partial charge on any atom is 0.237 e. The molecule has 1 rings (SSSR count). The fourth-order valence-electron chi connectivity index (χ4n) is 1.75. The van der Waals surface area contributed by atoms with Crippen LogP contribution >= 0.6 is 0 Å². The van der Waals surface area contributed by atoms with Gasteiger partial charge in [0.2, 0.25) is 5.91 Å². The number of carbonyl (C=O) groups is 1. The normalized spacial score (nSPS) is 32.5. The van der Waals surface area contributed by atoms with Gasteiger partial charge in [-0.2, -0.15) is 0 Å². The predicted molar refractivity (Wildman–Crippen MR) is 64.0 cm³/mol. The number of hydrogen-bond acceptors (Lipinski definition) is 3. The molecule has 1 amide bonds. The van der Waals surface area contributed by atoms with E-state index in [9.17, 15) is 4.79 Å². The molecule has 1 saturated heterocycles. The summed E-state index contributed by atoms with van der Waals surface area (Å²) in [4.78, 5) is 12.0. The van der Waals surface area contributed by atoms with Crippen LogP contribution in [0.1, 0.15) is 41.0 Å². The van der Waals surface area contributed by atoms with Crippen molar-refractivity contribution in [3.05, 3.63) is 0 Å². The Morgan fingerprint density at radius 1 is 1.56 bits per heavy atom. The molecule has 1 heterocycles. The summed E-state index contributed by atoms with van der Waals surface area (Å²) < 4.78 is 5.48. The zero-order valence-corrected chi connectivity index (χ0v) is 11.0. The third-order valence-corrected chi connectivity index (χ3v) is 3.51. The van der Waals surface area contributed by atoms with Gasteiger partial charge in [-0.05, 0) is 25.7 Å². The lowest BCUT2D eigenvalue weighted by Crippen LogP contribution is -2.58. The molecule has 0 aliphatic carbocycles. The minimum absolute atomic E-state index is 0.0450. The molecule has 1 fully saturated rings. The van der Waals surface area contributed by atoms with E-state index in [0.29, 0.717) is 6.61 Å². The minimum atomic E-state index is -0.489. The van der Waals surface area contributed by atoms with Crippen LogP contribution < -0.4 is 11.1 Å². The molecule has 4 nitrogen and oxygen atoms in total. The minimum Gasteiger partial charge on any atom is -0.376 e. The van der Waals surface area contributed by atoms with E-state index < -0.39 is 6.04 Å². The summed E-state index contributed by atoms with van der Waals surface area (Å²) in [6.07, 6.45) is 0.889. The average Bonchev–Trinajstić information content (AvgIpc) is 2.44. The molecule has 2 unspecified atom stereocenters. The summed E-state index contributed by atoms with van der Waals surface area (Å²) in [5, 5.41) is 3.02. The molecule has 0 spiro atoms. The second kappa shape index (κ2) is 4.34. The molecule has 0 aromatic carbocycles. The highest BCUT2D eigenvalue weighted by Gasteiger charge is 2.40. The quantitative estimate of drug-likeness (QED) is 0.742. The van der Waals surface area contributed by atoms with Crippen molar-refractivity contribution in [1.29, 1.82) is 0 Å². The Balaban J connectivity index is 2.64. The van der Waals surface area contributed by atoms with Gasteiger partial charge in [0, 0.05) is 6.61 Å². The lowest BCUT2D eigenvalue weighted by molar-refractivity contribution is -0.126. The fourth-order valence-corrected chi connectivity index (χ4v) is 1.75. The molecule has 1 aliphatic heterocycles. The van der Waals surface area contributed by atoms with Gasteiger partial charge < -0.3 is 15.8 Å². The van der Waals surface area contributed by atoms with Crippen molar-refractivity contribution in [2.24, 2.45) is 11.1 Å². The number of nitrogens with two attached hydrogens (primary N) is 1. The molecule has 0 aromatic heterocycles. The SMILES string of the molecule is CC1OCCC1(C)NC(=O)[C@@H](N)C(C)(C)C. The Morgan fingerprint density at radius 2 is 2.12 bits per heavy atom. The maximum absolute atomic E-state index is 12.0. The van der Waals surface area contributed by atoms with E-state index in [4.69, 9.17) is 10.5 Å². The number of ether oxygens (including phenoxy) is 1. The van der Waals surface area contributed by atoms with E-state index >= 15 is 0 Å². The molecule has 3 atom stereocenters. The van der Waals surface area contributed by atoms with Gasteiger partial charge >= 0.3 is 0 Å². The smallest absolute Gasteiger partial charge is 0.237 e. The molecule has 0 radical (unpaired) electrons. The van der Waals surface area contributed by atoms with Gasteiger partial charge in [-0.3, -0.25) is 4.79 Å². The maximum atomic E-state index is 12.0. The van der Waals surface area contributed by atoms with E-state index in [1.807, 2.05) is 34.6 Å². The highest BCUT2D eigenvalue weighted by Crippen LogP contribution is 2.26.